The number of aryl methyl sites for hydroxylation is 1. The number of aromatic nitrogens is 6. The summed E-state index contributed by atoms with van der Waals surface area (Å²) >= 11 is 1.69. The third-order valence-corrected chi connectivity index (χ3v) is 3.80. The molecular weight excluding hydrogens is 262 g/mol. The molecule has 0 aliphatic rings. The number of thiazole rings is 1. The van der Waals surface area contributed by atoms with Crippen LogP contribution in [0.2, 0.25) is 0 Å². The molecule has 7 nitrogen and oxygen atoms in total. The van der Waals surface area contributed by atoms with Crippen molar-refractivity contribution in [3.8, 4) is 0 Å². The number of fused-ring (bicyclic) bond motifs is 1. The van der Waals surface area contributed by atoms with Crippen LogP contribution >= 0.6 is 11.3 Å². The number of hydrogen-bond donors (Lipinski definition) is 0. The van der Waals surface area contributed by atoms with Crippen LogP contribution < -0.4 is 4.90 Å². The predicted octanol–water partition coefficient (Wildman–Crippen LogP) is 0.963. The van der Waals surface area contributed by atoms with Crippen molar-refractivity contribution in [1.82, 2.24) is 30.2 Å². The van der Waals surface area contributed by atoms with Gasteiger partial charge in [0.1, 0.15) is 0 Å². The summed E-state index contributed by atoms with van der Waals surface area (Å²) in [6.45, 7) is 2.87. The SMILES string of the molecule is Cc1csc(CCN(C)c2ccc3nnnn3n2)n1. The van der Waals surface area contributed by atoms with Gasteiger partial charge in [-0.25, -0.2) is 4.98 Å². The van der Waals surface area contributed by atoms with Gasteiger partial charge in [0.25, 0.3) is 0 Å². The van der Waals surface area contributed by atoms with E-state index in [4.69, 9.17) is 0 Å². The Bertz CT molecular complexity index is 689. The zero-order valence-electron chi connectivity index (χ0n) is 10.7. The van der Waals surface area contributed by atoms with Crippen LogP contribution in [0.1, 0.15) is 10.7 Å². The van der Waals surface area contributed by atoms with Gasteiger partial charge in [0.05, 0.1) is 5.01 Å². The van der Waals surface area contributed by atoms with Crippen molar-refractivity contribution < 1.29 is 0 Å². The highest BCUT2D eigenvalue weighted by Gasteiger charge is 2.07. The summed E-state index contributed by atoms with van der Waals surface area (Å²) in [7, 11) is 2.00. The number of anilines is 1. The standard InChI is InChI=1S/C11H13N7S/c1-8-7-19-11(12-8)5-6-17(2)10-4-3-9-13-15-16-18(9)14-10/h3-4,7H,5-6H2,1-2H3. The molecule has 19 heavy (non-hydrogen) atoms. The molecule has 0 amide bonds. The van der Waals surface area contributed by atoms with Gasteiger partial charge in [-0.15, -0.1) is 26.2 Å². The Balaban J connectivity index is 1.70. The molecule has 0 N–H and O–H groups in total. The van der Waals surface area contributed by atoms with E-state index in [-0.39, 0.29) is 0 Å². The van der Waals surface area contributed by atoms with Crippen molar-refractivity contribution in [3.05, 3.63) is 28.2 Å². The monoisotopic (exact) mass is 275 g/mol. The maximum Gasteiger partial charge on any atom is 0.200 e. The van der Waals surface area contributed by atoms with E-state index in [1.807, 2.05) is 26.1 Å². The van der Waals surface area contributed by atoms with Crippen LogP contribution in [0.5, 0.6) is 0 Å². The van der Waals surface area contributed by atoms with Gasteiger partial charge in [0.15, 0.2) is 11.5 Å². The lowest BCUT2D eigenvalue weighted by molar-refractivity contribution is 0.718. The van der Waals surface area contributed by atoms with Gasteiger partial charge in [-0.3, -0.25) is 0 Å². The average Bonchev–Trinajstić information content (AvgIpc) is 3.03. The topological polar surface area (TPSA) is 72.1 Å². The maximum absolute atomic E-state index is 4.45. The Kier molecular flexibility index (Phi) is 3.08. The largest absolute Gasteiger partial charge is 0.358 e. The Morgan fingerprint density at radius 2 is 2.26 bits per heavy atom. The van der Waals surface area contributed by atoms with Gasteiger partial charge in [0, 0.05) is 31.1 Å². The molecule has 0 aliphatic heterocycles. The predicted molar refractivity (Wildman–Crippen MR) is 72.4 cm³/mol. The second kappa shape index (κ2) is 4.88. The van der Waals surface area contributed by atoms with Gasteiger partial charge >= 0.3 is 0 Å². The number of rotatable bonds is 4. The van der Waals surface area contributed by atoms with Crippen molar-refractivity contribution in [3.63, 3.8) is 0 Å². The molecular formula is C11H13N7S. The molecule has 3 aromatic heterocycles. The van der Waals surface area contributed by atoms with Crippen molar-refractivity contribution in [2.24, 2.45) is 0 Å². The van der Waals surface area contributed by atoms with E-state index in [1.54, 1.807) is 11.3 Å². The lowest BCUT2D eigenvalue weighted by atomic mass is 10.4. The molecule has 0 fully saturated rings. The van der Waals surface area contributed by atoms with E-state index in [2.05, 4.69) is 35.9 Å². The maximum atomic E-state index is 4.45. The van der Waals surface area contributed by atoms with Crippen molar-refractivity contribution >= 4 is 22.8 Å². The van der Waals surface area contributed by atoms with Crippen molar-refractivity contribution in [2.75, 3.05) is 18.5 Å². The summed E-state index contributed by atoms with van der Waals surface area (Å²) in [5.74, 6) is 0.841. The molecule has 98 valence electrons. The summed E-state index contributed by atoms with van der Waals surface area (Å²) in [4.78, 5) is 6.52. The molecule has 3 aromatic rings. The highest BCUT2D eigenvalue weighted by atomic mass is 32.1. The molecule has 3 heterocycles. The zero-order valence-corrected chi connectivity index (χ0v) is 11.5. The first-order chi connectivity index (χ1) is 9.22. The smallest absolute Gasteiger partial charge is 0.200 e. The van der Waals surface area contributed by atoms with Gasteiger partial charge in [-0.2, -0.15) is 0 Å². The highest BCUT2D eigenvalue weighted by Crippen LogP contribution is 2.12. The highest BCUT2D eigenvalue weighted by molar-refractivity contribution is 7.09. The first-order valence-corrected chi connectivity index (χ1v) is 6.78. The minimum absolute atomic E-state index is 0.646. The first kappa shape index (κ1) is 12.0. The molecule has 0 bridgehead atoms. The summed E-state index contributed by atoms with van der Waals surface area (Å²) in [5.41, 5.74) is 1.73. The molecule has 0 aliphatic carbocycles. The summed E-state index contributed by atoms with van der Waals surface area (Å²) < 4.78 is 1.43. The van der Waals surface area contributed by atoms with Crippen molar-refractivity contribution in [2.45, 2.75) is 13.3 Å². The third kappa shape index (κ3) is 2.53. The van der Waals surface area contributed by atoms with Crippen molar-refractivity contribution in [1.29, 1.82) is 0 Å². The van der Waals surface area contributed by atoms with Gasteiger partial charge < -0.3 is 4.90 Å². The Morgan fingerprint density at radius 3 is 3.05 bits per heavy atom. The molecule has 0 saturated carbocycles. The normalized spacial score (nSPS) is 11.1. The van der Waals surface area contributed by atoms with Gasteiger partial charge in [-0.1, -0.05) is 0 Å². The van der Waals surface area contributed by atoms with Crippen LogP contribution in [0.3, 0.4) is 0 Å². The quantitative estimate of drug-likeness (QED) is 0.706. The Hall–Kier alpha value is -2.09. The molecule has 0 unspecified atom stereocenters. The molecule has 8 heteroatoms. The summed E-state index contributed by atoms with van der Waals surface area (Å²) in [6.07, 6.45) is 0.907. The molecule has 0 aromatic carbocycles. The van der Waals surface area contributed by atoms with Crippen LogP contribution in [0.4, 0.5) is 5.82 Å². The molecule has 0 radical (unpaired) electrons. The molecule has 0 saturated heterocycles. The van der Waals surface area contributed by atoms with E-state index in [0.717, 1.165) is 29.5 Å². The van der Waals surface area contributed by atoms with Crippen LogP contribution in [0.15, 0.2) is 17.5 Å². The third-order valence-electron chi connectivity index (χ3n) is 2.77. The van der Waals surface area contributed by atoms with Crippen LogP contribution in [-0.2, 0) is 6.42 Å². The van der Waals surface area contributed by atoms with Crippen LogP contribution in [-0.4, -0.2) is 43.8 Å². The van der Waals surface area contributed by atoms with Crippen LogP contribution in [0, 0.1) is 6.92 Å². The average molecular weight is 275 g/mol. The minimum atomic E-state index is 0.646. The molecule has 3 rings (SSSR count). The Labute approximate surface area is 113 Å². The fraction of sp³-hybridized carbons (Fsp3) is 0.364. The van der Waals surface area contributed by atoms with Crippen LogP contribution in [0.25, 0.3) is 5.65 Å². The second-order valence-electron chi connectivity index (χ2n) is 4.27. The van der Waals surface area contributed by atoms with E-state index in [9.17, 15) is 0 Å². The zero-order chi connectivity index (χ0) is 13.2. The number of hydrogen-bond acceptors (Lipinski definition) is 7. The molecule has 0 spiro atoms. The van der Waals surface area contributed by atoms with E-state index < -0.39 is 0 Å². The van der Waals surface area contributed by atoms with E-state index in [0.29, 0.717) is 5.65 Å². The fourth-order valence-electron chi connectivity index (χ4n) is 1.74. The number of tetrazole rings is 1. The minimum Gasteiger partial charge on any atom is -0.358 e. The summed E-state index contributed by atoms with van der Waals surface area (Å²) in [6, 6.07) is 3.77. The van der Waals surface area contributed by atoms with Gasteiger partial charge in [0.2, 0.25) is 0 Å². The van der Waals surface area contributed by atoms with E-state index >= 15 is 0 Å². The van der Waals surface area contributed by atoms with Gasteiger partial charge in [-0.05, 0) is 29.5 Å². The first-order valence-electron chi connectivity index (χ1n) is 5.90. The lowest BCUT2D eigenvalue weighted by Gasteiger charge is -2.16. The lowest BCUT2D eigenvalue weighted by Crippen LogP contribution is -2.22. The summed E-state index contributed by atoms with van der Waals surface area (Å²) in [5, 5.41) is 18.7. The number of likely N-dealkylation sites (N-methyl/N-ethyl adjacent to an activating group) is 1. The number of nitrogens with zero attached hydrogens (tertiary/aromatic N) is 7. The fourth-order valence-corrected chi connectivity index (χ4v) is 2.50. The second-order valence-corrected chi connectivity index (χ2v) is 5.21. The molecule has 0 atom stereocenters. The van der Waals surface area contributed by atoms with E-state index in [1.165, 1.54) is 4.63 Å². The Morgan fingerprint density at radius 1 is 1.37 bits per heavy atom.